The number of rotatable bonds is 4. The molecule has 0 aromatic heterocycles. The van der Waals surface area contributed by atoms with Gasteiger partial charge in [-0.1, -0.05) is 24.3 Å². The minimum absolute atomic E-state index is 0. The molecule has 2 aromatic carbocycles. The van der Waals surface area contributed by atoms with E-state index in [2.05, 4.69) is 41.4 Å². The van der Waals surface area contributed by atoms with Crippen molar-refractivity contribution < 1.29 is 9.50 Å². The van der Waals surface area contributed by atoms with Gasteiger partial charge in [0.1, 0.15) is 5.82 Å². The Kier molecular flexibility index (Phi) is 7.93. The van der Waals surface area contributed by atoms with Crippen LogP contribution in [-0.4, -0.2) is 43.3 Å². The summed E-state index contributed by atoms with van der Waals surface area (Å²) in [5.41, 5.74) is 4.00. The Morgan fingerprint density at radius 1 is 1.13 bits per heavy atom. The van der Waals surface area contributed by atoms with Crippen LogP contribution in [0.25, 0.3) is 0 Å². The molecule has 2 N–H and O–H groups in total. The molecule has 0 atom stereocenters. The van der Waals surface area contributed by atoms with E-state index in [1.165, 1.54) is 11.3 Å². The van der Waals surface area contributed by atoms with Crippen LogP contribution >= 0.6 is 24.0 Å². The number of para-hydroxylation sites is 1. The molecule has 0 saturated carbocycles. The van der Waals surface area contributed by atoms with E-state index < -0.39 is 0 Å². The fraction of sp³-hybridized carbons (Fsp3) is 0.435. The van der Waals surface area contributed by atoms with Crippen LogP contribution in [0.15, 0.2) is 47.5 Å². The summed E-state index contributed by atoms with van der Waals surface area (Å²) < 4.78 is 14.7. The number of nitrogens with one attached hydrogen (secondary N) is 1. The van der Waals surface area contributed by atoms with E-state index in [4.69, 9.17) is 4.99 Å². The van der Waals surface area contributed by atoms with Gasteiger partial charge >= 0.3 is 0 Å². The quantitative estimate of drug-likeness (QED) is 0.362. The molecule has 162 valence electrons. The lowest BCUT2D eigenvalue weighted by Crippen LogP contribution is -2.40. The van der Waals surface area contributed by atoms with Gasteiger partial charge in [-0.15, -0.1) is 24.0 Å². The minimum Gasteiger partial charge on any atom is -0.393 e. The summed E-state index contributed by atoms with van der Waals surface area (Å²) in [6, 6.07) is 13.8. The second-order valence-corrected chi connectivity index (χ2v) is 7.70. The van der Waals surface area contributed by atoms with Gasteiger partial charge in [-0.25, -0.2) is 9.38 Å². The molecule has 0 unspecified atom stereocenters. The van der Waals surface area contributed by atoms with Crippen LogP contribution in [0.1, 0.15) is 30.9 Å². The van der Waals surface area contributed by atoms with E-state index in [-0.39, 0.29) is 35.9 Å². The largest absolute Gasteiger partial charge is 0.393 e. The number of anilines is 2. The summed E-state index contributed by atoms with van der Waals surface area (Å²) in [4.78, 5) is 9.00. The lowest BCUT2D eigenvalue weighted by molar-refractivity contribution is 0.145. The number of aliphatic imine (C=N–C) groups is 1. The molecule has 0 amide bonds. The molecule has 4 rings (SSSR count). The SMILES string of the molecule is CCNC(=NCc1ccc(N2CCC(O)CC2)c(F)c1)N1CCc2ccccc21.I. The normalized spacial score (nSPS) is 17.0. The second-order valence-electron chi connectivity index (χ2n) is 7.70. The highest BCUT2D eigenvalue weighted by Crippen LogP contribution is 2.28. The van der Waals surface area contributed by atoms with Crippen LogP contribution in [0.3, 0.4) is 0 Å². The zero-order valence-corrected chi connectivity index (χ0v) is 19.7. The van der Waals surface area contributed by atoms with Gasteiger partial charge in [0.2, 0.25) is 0 Å². The molecule has 5 nitrogen and oxygen atoms in total. The zero-order chi connectivity index (χ0) is 20.2. The molecule has 1 saturated heterocycles. The van der Waals surface area contributed by atoms with Gasteiger partial charge in [0.25, 0.3) is 0 Å². The van der Waals surface area contributed by atoms with E-state index in [1.54, 1.807) is 6.07 Å². The fourth-order valence-electron chi connectivity index (χ4n) is 4.13. The van der Waals surface area contributed by atoms with Crippen molar-refractivity contribution in [2.45, 2.75) is 38.8 Å². The van der Waals surface area contributed by atoms with Gasteiger partial charge in [0.05, 0.1) is 18.3 Å². The van der Waals surface area contributed by atoms with Crippen LogP contribution in [0.2, 0.25) is 0 Å². The van der Waals surface area contributed by atoms with Crippen LogP contribution in [0.4, 0.5) is 15.8 Å². The van der Waals surface area contributed by atoms with Crippen molar-refractivity contribution in [2.24, 2.45) is 4.99 Å². The Balaban J connectivity index is 0.00000256. The van der Waals surface area contributed by atoms with Crippen molar-refractivity contribution in [1.29, 1.82) is 0 Å². The highest BCUT2D eigenvalue weighted by atomic mass is 127. The number of nitrogens with zero attached hydrogens (tertiary/aromatic N) is 3. The summed E-state index contributed by atoms with van der Waals surface area (Å²) in [6.07, 6.45) is 2.13. The Labute approximate surface area is 195 Å². The Morgan fingerprint density at radius 3 is 2.63 bits per heavy atom. The molecule has 2 aromatic rings. The first-order valence-corrected chi connectivity index (χ1v) is 10.5. The van der Waals surface area contributed by atoms with Gasteiger partial charge < -0.3 is 20.2 Å². The third kappa shape index (κ3) is 5.06. The highest BCUT2D eigenvalue weighted by Gasteiger charge is 2.23. The van der Waals surface area contributed by atoms with E-state index in [0.717, 1.165) is 31.0 Å². The Morgan fingerprint density at radius 2 is 1.90 bits per heavy atom. The third-order valence-electron chi connectivity index (χ3n) is 5.71. The average molecular weight is 524 g/mol. The number of hydrogen-bond donors (Lipinski definition) is 2. The molecular weight excluding hydrogens is 494 g/mol. The molecule has 2 aliphatic heterocycles. The number of halogens is 2. The Bertz CT molecular complexity index is 883. The topological polar surface area (TPSA) is 51.1 Å². The third-order valence-corrected chi connectivity index (χ3v) is 5.71. The van der Waals surface area contributed by atoms with Gasteiger partial charge in [0.15, 0.2) is 5.96 Å². The summed E-state index contributed by atoms with van der Waals surface area (Å²) >= 11 is 0. The van der Waals surface area contributed by atoms with Crippen molar-refractivity contribution in [1.82, 2.24) is 5.32 Å². The van der Waals surface area contributed by atoms with Crippen molar-refractivity contribution in [2.75, 3.05) is 36.0 Å². The highest BCUT2D eigenvalue weighted by molar-refractivity contribution is 14.0. The van der Waals surface area contributed by atoms with Gasteiger partial charge in [-0.05, 0) is 55.5 Å². The number of aliphatic hydroxyl groups is 1. The summed E-state index contributed by atoms with van der Waals surface area (Å²) in [6.45, 7) is 5.55. The first kappa shape index (κ1) is 22.8. The number of guanidine groups is 1. The van der Waals surface area contributed by atoms with Crippen LogP contribution in [0, 0.1) is 5.82 Å². The lowest BCUT2D eigenvalue weighted by Gasteiger charge is -2.31. The number of fused-ring (bicyclic) bond motifs is 1. The first-order chi connectivity index (χ1) is 14.2. The van der Waals surface area contributed by atoms with Crippen molar-refractivity contribution in [3.63, 3.8) is 0 Å². The number of benzene rings is 2. The number of piperidine rings is 1. The summed E-state index contributed by atoms with van der Waals surface area (Å²) in [7, 11) is 0. The van der Waals surface area contributed by atoms with E-state index in [1.807, 2.05) is 17.0 Å². The monoisotopic (exact) mass is 524 g/mol. The van der Waals surface area contributed by atoms with Crippen molar-refractivity contribution >= 4 is 41.3 Å². The van der Waals surface area contributed by atoms with Crippen LogP contribution in [-0.2, 0) is 13.0 Å². The molecule has 0 aliphatic carbocycles. The molecule has 30 heavy (non-hydrogen) atoms. The maximum atomic E-state index is 14.7. The molecule has 2 heterocycles. The van der Waals surface area contributed by atoms with E-state index in [0.29, 0.717) is 38.2 Å². The van der Waals surface area contributed by atoms with Crippen LogP contribution in [0.5, 0.6) is 0 Å². The summed E-state index contributed by atoms with van der Waals surface area (Å²) in [5, 5.41) is 13.0. The smallest absolute Gasteiger partial charge is 0.198 e. The van der Waals surface area contributed by atoms with Crippen molar-refractivity contribution in [3.8, 4) is 0 Å². The predicted molar refractivity (Wildman–Crippen MR) is 132 cm³/mol. The maximum absolute atomic E-state index is 14.7. The lowest BCUT2D eigenvalue weighted by atomic mass is 10.1. The van der Waals surface area contributed by atoms with E-state index in [9.17, 15) is 9.50 Å². The number of hydrogen-bond acceptors (Lipinski definition) is 3. The maximum Gasteiger partial charge on any atom is 0.198 e. The molecule has 7 heteroatoms. The summed E-state index contributed by atoms with van der Waals surface area (Å²) in [5.74, 6) is 0.623. The molecule has 0 radical (unpaired) electrons. The molecular formula is C23H30FIN4O. The molecule has 0 bridgehead atoms. The second kappa shape index (κ2) is 10.4. The van der Waals surface area contributed by atoms with Gasteiger partial charge in [0, 0.05) is 31.9 Å². The standard InChI is InChI=1S/C23H29FN4O.HI/c1-2-25-23(28-14-9-18-5-3-4-6-21(18)28)26-16-17-7-8-22(20(24)15-17)27-12-10-19(29)11-13-27;/h3-8,15,19,29H,2,9-14,16H2,1H3,(H,25,26);1H. The Hall–Kier alpha value is -1.87. The van der Waals surface area contributed by atoms with E-state index >= 15 is 0 Å². The average Bonchev–Trinajstić information content (AvgIpc) is 3.16. The molecule has 0 spiro atoms. The van der Waals surface area contributed by atoms with Crippen LogP contribution < -0.4 is 15.1 Å². The van der Waals surface area contributed by atoms with Crippen molar-refractivity contribution in [3.05, 3.63) is 59.4 Å². The molecule has 1 fully saturated rings. The van der Waals surface area contributed by atoms with Gasteiger partial charge in [-0.2, -0.15) is 0 Å². The molecule has 2 aliphatic rings. The zero-order valence-electron chi connectivity index (χ0n) is 17.4. The predicted octanol–water partition coefficient (Wildman–Crippen LogP) is 3.93. The number of aliphatic hydroxyl groups excluding tert-OH is 1. The first-order valence-electron chi connectivity index (χ1n) is 10.5. The van der Waals surface area contributed by atoms with Gasteiger partial charge in [-0.3, -0.25) is 0 Å². The fourth-order valence-corrected chi connectivity index (χ4v) is 4.13. The minimum atomic E-state index is -0.261.